The van der Waals surface area contributed by atoms with E-state index in [4.69, 9.17) is 0 Å². The molecule has 2 unspecified atom stereocenters. The molecule has 1 fully saturated rings. The zero-order valence-electron chi connectivity index (χ0n) is 8.47. The van der Waals surface area contributed by atoms with E-state index in [2.05, 4.69) is 13.8 Å². The number of hydrogen-bond acceptors (Lipinski definition) is 1. The summed E-state index contributed by atoms with van der Waals surface area (Å²) in [5.74, 6) is 0.573. The molecule has 0 radical (unpaired) electrons. The third kappa shape index (κ3) is 2.78. The molecule has 0 aliphatic heterocycles. The Labute approximate surface area is 76.2 Å². The minimum Gasteiger partial charge on any atom is -0.390 e. The average Bonchev–Trinajstić information content (AvgIpc) is 2.60. The second kappa shape index (κ2) is 4.27. The Morgan fingerprint density at radius 3 is 2.33 bits per heavy atom. The van der Waals surface area contributed by atoms with Crippen molar-refractivity contribution >= 4 is 0 Å². The maximum atomic E-state index is 9.75. The van der Waals surface area contributed by atoms with Crippen molar-refractivity contribution in [2.75, 3.05) is 0 Å². The van der Waals surface area contributed by atoms with Crippen LogP contribution in [0.1, 0.15) is 58.8 Å². The highest BCUT2D eigenvalue weighted by molar-refractivity contribution is 5.00. The van der Waals surface area contributed by atoms with Crippen LogP contribution in [0, 0.1) is 5.92 Å². The van der Waals surface area contributed by atoms with Gasteiger partial charge in [-0.15, -0.1) is 0 Å². The van der Waals surface area contributed by atoms with Crippen LogP contribution >= 0.6 is 0 Å². The van der Waals surface area contributed by atoms with E-state index in [1.54, 1.807) is 0 Å². The highest BCUT2D eigenvalue weighted by atomic mass is 16.3. The zero-order valence-corrected chi connectivity index (χ0v) is 8.47. The van der Waals surface area contributed by atoms with E-state index in [1.807, 2.05) is 0 Å². The number of hydrogen-bond donors (Lipinski definition) is 1. The Balaban J connectivity index is 1.90. The SMILES string of the molecule is CCCCCCCC1(O)CC1C. The molecule has 1 aliphatic rings. The summed E-state index contributed by atoms with van der Waals surface area (Å²) in [6, 6.07) is 0. The fourth-order valence-corrected chi connectivity index (χ4v) is 1.85. The molecule has 0 heterocycles. The molecule has 0 spiro atoms. The van der Waals surface area contributed by atoms with Crippen molar-refractivity contribution < 1.29 is 5.11 Å². The smallest absolute Gasteiger partial charge is 0.0677 e. The summed E-state index contributed by atoms with van der Waals surface area (Å²) in [4.78, 5) is 0. The third-order valence-electron chi connectivity index (χ3n) is 3.13. The van der Waals surface area contributed by atoms with Crippen LogP contribution in [0.2, 0.25) is 0 Å². The van der Waals surface area contributed by atoms with Crippen molar-refractivity contribution in [1.29, 1.82) is 0 Å². The van der Waals surface area contributed by atoms with Crippen LogP contribution in [0.4, 0.5) is 0 Å². The van der Waals surface area contributed by atoms with Gasteiger partial charge in [0.25, 0.3) is 0 Å². The molecule has 2 atom stereocenters. The van der Waals surface area contributed by atoms with E-state index in [-0.39, 0.29) is 5.60 Å². The Hall–Kier alpha value is -0.0400. The second-order valence-corrected chi connectivity index (χ2v) is 4.37. The summed E-state index contributed by atoms with van der Waals surface area (Å²) in [7, 11) is 0. The maximum Gasteiger partial charge on any atom is 0.0677 e. The minimum atomic E-state index is -0.244. The van der Waals surface area contributed by atoms with Gasteiger partial charge in [0, 0.05) is 0 Å². The highest BCUT2D eigenvalue weighted by Gasteiger charge is 2.48. The van der Waals surface area contributed by atoms with Gasteiger partial charge in [-0.3, -0.25) is 0 Å². The van der Waals surface area contributed by atoms with E-state index >= 15 is 0 Å². The molecular weight excluding hydrogens is 148 g/mol. The second-order valence-electron chi connectivity index (χ2n) is 4.37. The molecule has 1 N–H and O–H groups in total. The van der Waals surface area contributed by atoms with Gasteiger partial charge in [-0.25, -0.2) is 0 Å². The first kappa shape index (κ1) is 10.0. The Kier molecular flexibility index (Phi) is 3.57. The first-order valence-electron chi connectivity index (χ1n) is 5.41. The van der Waals surface area contributed by atoms with E-state index in [9.17, 15) is 5.11 Å². The van der Waals surface area contributed by atoms with Gasteiger partial charge in [0.15, 0.2) is 0 Å². The maximum absolute atomic E-state index is 9.75. The van der Waals surface area contributed by atoms with Crippen molar-refractivity contribution in [2.45, 2.75) is 64.4 Å². The van der Waals surface area contributed by atoms with Gasteiger partial charge >= 0.3 is 0 Å². The lowest BCUT2D eigenvalue weighted by molar-refractivity contribution is 0.121. The summed E-state index contributed by atoms with van der Waals surface area (Å²) in [5, 5.41) is 9.75. The van der Waals surface area contributed by atoms with Gasteiger partial charge < -0.3 is 5.11 Å². The molecule has 1 saturated carbocycles. The summed E-state index contributed by atoms with van der Waals surface area (Å²) in [6.07, 6.45) is 8.62. The van der Waals surface area contributed by atoms with Gasteiger partial charge in [0.2, 0.25) is 0 Å². The normalized spacial score (nSPS) is 33.8. The monoisotopic (exact) mass is 170 g/mol. The fourth-order valence-electron chi connectivity index (χ4n) is 1.85. The summed E-state index contributed by atoms with van der Waals surface area (Å²) in [5.41, 5.74) is -0.244. The van der Waals surface area contributed by atoms with E-state index in [0.29, 0.717) is 5.92 Å². The largest absolute Gasteiger partial charge is 0.390 e. The van der Waals surface area contributed by atoms with Gasteiger partial charge in [-0.05, 0) is 18.8 Å². The first-order valence-corrected chi connectivity index (χ1v) is 5.41. The van der Waals surface area contributed by atoms with Crippen LogP contribution in [0.25, 0.3) is 0 Å². The number of aliphatic hydroxyl groups is 1. The van der Waals surface area contributed by atoms with Crippen molar-refractivity contribution in [3.63, 3.8) is 0 Å². The summed E-state index contributed by atoms with van der Waals surface area (Å²) >= 11 is 0. The van der Waals surface area contributed by atoms with Crippen molar-refractivity contribution in [3.05, 3.63) is 0 Å². The van der Waals surface area contributed by atoms with E-state index in [0.717, 1.165) is 12.8 Å². The molecule has 1 nitrogen and oxygen atoms in total. The average molecular weight is 170 g/mol. The molecule has 0 saturated heterocycles. The molecule has 0 aromatic carbocycles. The van der Waals surface area contributed by atoms with Crippen LogP contribution in [0.15, 0.2) is 0 Å². The standard InChI is InChI=1S/C11H22O/c1-3-4-5-6-7-8-11(12)9-10(11)2/h10,12H,3-9H2,1-2H3. The molecule has 72 valence electrons. The summed E-state index contributed by atoms with van der Waals surface area (Å²) in [6.45, 7) is 4.38. The van der Waals surface area contributed by atoms with Gasteiger partial charge in [0.05, 0.1) is 5.60 Å². The molecule has 0 aromatic rings. The first-order chi connectivity index (χ1) is 5.69. The predicted octanol–water partition coefficient (Wildman–Crippen LogP) is 3.12. The van der Waals surface area contributed by atoms with Crippen molar-refractivity contribution in [2.24, 2.45) is 5.92 Å². The Morgan fingerprint density at radius 1 is 1.25 bits per heavy atom. The molecule has 12 heavy (non-hydrogen) atoms. The molecule has 0 amide bonds. The van der Waals surface area contributed by atoms with Crippen LogP contribution in [0.5, 0.6) is 0 Å². The quantitative estimate of drug-likeness (QED) is 0.607. The number of unbranched alkanes of at least 4 members (excludes halogenated alkanes) is 4. The van der Waals surface area contributed by atoms with Gasteiger partial charge in [0.1, 0.15) is 0 Å². The molecule has 1 aliphatic carbocycles. The van der Waals surface area contributed by atoms with E-state index in [1.165, 1.54) is 32.1 Å². The fraction of sp³-hybridized carbons (Fsp3) is 1.00. The van der Waals surface area contributed by atoms with Gasteiger partial charge in [-0.1, -0.05) is 46.0 Å². The van der Waals surface area contributed by atoms with Crippen molar-refractivity contribution in [1.82, 2.24) is 0 Å². The lowest BCUT2D eigenvalue weighted by Crippen LogP contribution is -2.09. The molecule has 1 heteroatoms. The molecular formula is C11H22O. The van der Waals surface area contributed by atoms with Crippen LogP contribution in [-0.2, 0) is 0 Å². The predicted molar refractivity (Wildman–Crippen MR) is 52.1 cm³/mol. The van der Waals surface area contributed by atoms with Crippen molar-refractivity contribution in [3.8, 4) is 0 Å². The Morgan fingerprint density at radius 2 is 1.83 bits per heavy atom. The number of rotatable bonds is 6. The molecule has 0 aromatic heterocycles. The third-order valence-corrected chi connectivity index (χ3v) is 3.13. The molecule has 0 bridgehead atoms. The van der Waals surface area contributed by atoms with Crippen LogP contribution < -0.4 is 0 Å². The lowest BCUT2D eigenvalue weighted by atomic mass is 10.1. The van der Waals surface area contributed by atoms with Crippen LogP contribution in [0.3, 0.4) is 0 Å². The Bertz CT molecular complexity index is 133. The summed E-state index contributed by atoms with van der Waals surface area (Å²) < 4.78 is 0. The van der Waals surface area contributed by atoms with Gasteiger partial charge in [-0.2, -0.15) is 0 Å². The zero-order chi connectivity index (χ0) is 9.03. The van der Waals surface area contributed by atoms with Crippen LogP contribution in [-0.4, -0.2) is 10.7 Å². The topological polar surface area (TPSA) is 20.2 Å². The highest BCUT2D eigenvalue weighted by Crippen LogP contribution is 2.46. The molecule has 1 rings (SSSR count). The minimum absolute atomic E-state index is 0.244. The van der Waals surface area contributed by atoms with E-state index < -0.39 is 0 Å². The lowest BCUT2D eigenvalue weighted by Gasteiger charge is -2.07.